The predicted molar refractivity (Wildman–Crippen MR) is 52.9 cm³/mol. The van der Waals surface area contributed by atoms with Gasteiger partial charge in [0.05, 0.1) is 13.2 Å². The molecule has 2 aliphatic heterocycles. The van der Waals surface area contributed by atoms with Crippen LogP contribution in [-0.2, 0) is 4.74 Å². The smallest absolute Gasteiger partial charge is 0.0645 e. The van der Waals surface area contributed by atoms with E-state index >= 15 is 0 Å². The lowest BCUT2D eigenvalue weighted by molar-refractivity contribution is -0.0682. The number of ether oxygens (including phenoxy) is 1. The van der Waals surface area contributed by atoms with E-state index in [-0.39, 0.29) is 5.54 Å². The average Bonchev–Trinajstić information content (AvgIpc) is 2.55. The molecule has 2 saturated heterocycles. The Balaban J connectivity index is 2.02. The van der Waals surface area contributed by atoms with Crippen molar-refractivity contribution in [2.75, 3.05) is 32.8 Å². The molecule has 0 radical (unpaired) electrons. The van der Waals surface area contributed by atoms with Gasteiger partial charge >= 0.3 is 0 Å². The van der Waals surface area contributed by atoms with Crippen molar-refractivity contribution in [3.63, 3.8) is 0 Å². The molecule has 0 aromatic carbocycles. The second-order valence-electron chi connectivity index (χ2n) is 4.71. The summed E-state index contributed by atoms with van der Waals surface area (Å²) in [5, 5.41) is 3.42. The maximum absolute atomic E-state index is 5.51. The van der Waals surface area contributed by atoms with E-state index in [9.17, 15) is 0 Å². The van der Waals surface area contributed by atoms with Crippen LogP contribution in [-0.4, -0.2) is 49.3 Å². The van der Waals surface area contributed by atoms with Crippen molar-refractivity contribution in [3.8, 4) is 0 Å². The molecule has 76 valence electrons. The Morgan fingerprint density at radius 3 is 2.92 bits per heavy atom. The van der Waals surface area contributed by atoms with Crippen LogP contribution in [0.15, 0.2) is 0 Å². The van der Waals surface area contributed by atoms with Gasteiger partial charge in [-0.2, -0.15) is 0 Å². The summed E-state index contributed by atoms with van der Waals surface area (Å²) in [5.41, 5.74) is 0.231. The van der Waals surface area contributed by atoms with Crippen LogP contribution in [0.1, 0.15) is 20.3 Å². The van der Waals surface area contributed by atoms with Gasteiger partial charge in [0.25, 0.3) is 0 Å². The van der Waals surface area contributed by atoms with E-state index in [1.165, 1.54) is 13.0 Å². The molecule has 1 N–H and O–H groups in total. The van der Waals surface area contributed by atoms with Gasteiger partial charge in [0.15, 0.2) is 0 Å². The molecule has 2 fully saturated rings. The van der Waals surface area contributed by atoms with Gasteiger partial charge in [0.1, 0.15) is 0 Å². The Labute approximate surface area is 80.4 Å². The maximum atomic E-state index is 5.51. The van der Waals surface area contributed by atoms with E-state index in [4.69, 9.17) is 4.74 Å². The SMILES string of the molecule is CC1(C)COCCN1[C@@H]1CCNC1. The van der Waals surface area contributed by atoms with Gasteiger partial charge in [-0.3, -0.25) is 4.90 Å². The third kappa shape index (κ3) is 1.87. The number of hydrogen-bond acceptors (Lipinski definition) is 3. The lowest BCUT2D eigenvalue weighted by Gasteiger charge is -2.45. The summed E-state index contributed by atoms with van der Waals surface area (Å²) in [4.78, 5) is 2.61. The summed E-state index contributed by atoms with van der Waals surface area (Å²) in [5.74, 6) is 0. The highest BCUT2D eigenvalue weighted by Crippen LogP contribution is 2.24. The Hall–Kier alpha value is -0.120. The first-order valence-electron chi connectivity index (χ1n) is 5.25. The first kappa shape index (κ1) is 9.44. The van der Waals surface area contributed by atoms with Crippen LogP contribution in [0.4, 0.5) is 0 Å². The maximum Gasteiger partial charge on any atom is 0.0645 e. The molecule has 1 atom stereocenters. The standard InChI is InChI=1S/C10H20N2O/c1-10(2)8-13-6-5-12(10)9-3-4-11-7-9/h9,11H,3-8H2,1-2H3/t9-/m1/s1. The first-order chi connectivity index (χ1) is 6.20. The second kappa shape index (κ2) is 3.56. The predicted octanol–water partition coefficient (Wildman–Crippen LogP) is 0.459. The minimum absolute atomic E-state index is 0.231. The van der Waals surface area contributed by atoms with Crippen molar-refractivity contribution >= 4 is 0 Å². The summed E-state index contributed by atoms with van der Waals surface area (Å²) in [6.07, 6.45) is 1.30. The van der Waals surface area contributed by atoms with Crippen molar-refractivity contribution in [2.24, 2.45) is 0 Å². The second-order valence-corrected chi connectivity index (χ2v) is 4.71. The zero-order chi connectivity index (χ0) is 9.31. The van der Waals surface area contributed by atoms with Crippen LogP contribution >= 0.6 is 0 Å². The Kier molecular flexibility index (Phi) is 2.58. The fraction of sp³-hybridized carbons (Fsp3) is 1.00. The van der Waals surface area contributed by atoms with E-state index in [1.807, 2.05) is 0 Å². The quantitative estimate of drug-likeness (QED) is 0.641. The topological polar surface area (TPSA) is 24.5 Å². The van der Waals surface area contributed by atoms with Crippen molar-refractivity contribution < 1.29 is 4.74 Å². The third-order valence-corrected chi connectivity index (χ3v) is 3.18. The van der Waals surface area contributed by atoms with Crippen molar-refractivity contribution in [1.82, 2.24) is 10.2 Å². The lowest BCUT2D eigenvalue weighted by atomic mass is 9.99. The molecule has 0 unspecified atom stereocenters. The largest absolute Gasteiger partial charge is 0.378 e. The number of nitrogens with zero attached hydrogens (tertiary/aromatic N) is 1. The van der Waals surface area contributed by atoms with Gasteiger partial charge < -0.3 is 10.1 Å². The average molecular weight is 184 g/mol. The molecule has 2 aliphatic rings. The molecule has 0 aromatic heterocycles. The fourth-order valence-electron chi connectivity index (χ4n) is 2.45. The lowest BCUT2D eigenvalue weighted by Crippen LogP contribution is -2.57. The minimum Gasteiger partial charge on any atom is -0.378 e. The Morgan fingerprint density at radius 1 is 1.46 bits per heavy atom. The molecule has 0 spiro atoms. The number of hydrogen-bond donors (Lipinski definition) is 1. The Morgan fingerprint density at radius 2 is 2.31 bits per heavy atom. The molecular weight excluding hydrogens is 164 g/mol. The molecule has 0 aromatic rings. The number of rotatable bonds is 1. The van der Waals surface area contributed by atoms with E-state index in [0.29, 0.717) is 0 Å². The highest BCUT2D eigenvalue weighted by molar-refractivity contribution is 4.92. The van der Waals surface area contributed by atoms with Gasteiger partial charge in [-0.15, -0.1) is 0 Å². The summed E-state index contributed by atoms with van der Waals surface area (Å²) >= 11 is 0. The third-order valence-electron chi connectivity index (χ3n) is 3.18. The zero-order valence-electron chi connectivity index (χ0n) is 8.68. The van der Waals surface area contributed by atoms with Gasteiger partial charge in [-0.05, 0) is 26.8 Å². The van der Waals surface area contributed by atoms with E-state index in [1.54, 1.807) is 0 Å². The summed E-state index contributed by atoms with van der Waals surface area (Å²) in [7, 11) is 0. The normalized spacial score (nSPS) is 35.1. The molecule has 0 aliphatic carbocycles. The molecule has 0 amide bonds. The van der Waals surface area contributed by atoms with Gasteiger partial charge in [-0.1, -0.05) is 0 Å². The highest BCUT2D eigenvalue weighted by Gasteiger charge is 2.36. The van der Waals surface area contributed by atoms with Gasteiger partial charge in [0, 0.05) is 24.7 Å². The molecule has 2 heterocycles. The number of morpholine rings is 1. The van der Waals surface area contributed by atoms with Crippen LogP contribution in [0.25, 0.3) is 0 Å². The molecule has 3 nitrogen and oxygen atoms in total. The molecular formula is C10H20N2O. The van der Waals surface area contributed by atoms with Crippen LogP contribution < -0.4 is 5.32 Å². The van der Waals surface area contributed by atoms with Crippen LogP contribution in [0.3, 0.4) is 0 Å². The van der Waals surface area contributed by atoms with Crippen LogP contribution in [0.2, 0.25) is 0 Å². The molecule has 0 saturated carbocycles. The Bertz CT molecular complexity index is 176. The van der Waals surface area contributed by atoms with Crippen molar-refractivity contribution in [3.05, 3.63) is 0 Å². The first-order valence-corrected chi connectivity index (χ1v) is 5.25. The fourth-order valence-corrected chi connectivity index (χ4v) is 2.45. The van der Waals surface area contributed by atoms with Crippen molar-refractivity contribution in [2.45, 2.75) is 31.8 Å². The van der Waals surface area contributed by atoms with Gasteiger partial charge in [0.2, 0.25) is 0 Å². The molecule has 3 heteroatoms. The van der Waals surface area contributed by atoms with Gasteiger partial charge in [-0.25, -0.2) is 0 Å². The molecule has 2 rings (SSSR count). The van der Waals surface area contributed by atoms with E-state index in [2.05, 4.69) is 24.1 Å². The summed E-state index contributed by atoms with van der Waals surface area (Å²) < 4.78 is 5.51. The summed E-state index contributed by atoms with van der Waals surface area (Å²) in [6, 6.07) is 0.735. The monoisotopic (exact) mass is 184 g/mol. The highest BCUT2D eigenvalue weighted by atomic mass is 16.5. The minimum atomic E-state index is 0.231. The van der Waals surface area contributed by atoms with Crippen molar-refractivity contribution in [1.29, 1.82) is 0 Å². The van der Waals surface area contributed by atoms with E-state index in [0.717, 1.165) is 32.3 Å². The van der Waals surface area contributed by atoms with Crippen LogP contribution in [0, 0.1) is 0 Å². The molecule has 13 heavy (non-hydrogen) atoms. The van der Waals surface area contributed by atoms with E-state index < -0.39 is 0 Å². The number of nitrogens with one attached hydrogen (secondary N) is 1. The summed E-state index contributed by atoms with van der Waals surface area (Å²) in [6.45, 7) is 9.78. The zero-order valence-corrected chi connectivity index (χ0v) is 8.68. The molecule has 0 bridgehead atoms. The van der Waals surface area contributed by atoms with Crippen LogP contribution in [0.5, 0.6) is 0 Å².